The van der Waals surface area contributed by atoms with Gasteiger partial charge >= 0.3 is 6.18 Å². The summed E-state index contributed by atoms with van der Waals surface area (Å²) in [5, 5.41) is 3.70. The van der Waals surface area contributed by atoms with Crippen molar-refractivity contribution in [2.24, 2.45) is 0 Å². The molecular weight excluding hydrogens is 497 g/mol. The van der Waals surface area contributed by atoms with E-state index in [4.69, 9.17) is 11.6 Å². The predicted molar refractivity (Wildman–Crippen MR) is 141 cm³/mol. The Kier molecular flexibility index (Phi) is 7.04. The summed E-state index contributed by atoms with van der Waals surface area (Å²) in [4.78, 5) is 15.5. The molecule has 1 amide bonds. The molecule has 3 nitrogen and oxygen atoms in total. The summed E-state index contributed by atoms with van der Waals surface area (Å²) in [5.74, 6) is -0.311. The van der Waals surface area contributed by atoms with E-state index < -0.39 is 11.7 Å². The van der Waals surface area contributed by atoms with E-state index in [-0.39, 0.29) is 5.91 Å². The SMILES string of the molecule is O=C(Nc1ccc2c(c1)CCN(Cc1cccc(Cl)c1)C2)c1ccccc1-c1ccc(C(F)(F)F)cc1. The molecule has 0 fully saturated rings. The summed E-state index contributed by atoms with van der Waals surface area (Å²) in [6.07, 6.45) is -3.55. The first kappa shape index (κ1) is 25.1. The van der Waals surface area contributed by atoms with Gasteiger partial charge in [-0.1, -0.05) is 60.1 Å². The number of alkyl halides is 3. The Labute approximate surface area is 218 Å². The van der Waals surface area contributed by atoms with E-state index in [1.54, 1.807) is 24.3 Å². The molecule has 1 aliphatic rings. The molecule has 1 aliphatic heterocycles. The molecule has 1 heterocycles. The molecule has 1 N–H and O–H groups in total. The summed E-state index contributed by atoms with van der Waals surface area (Å²) in [5.41, 5.74) is 5.06. The van der Waals surface area contributed by atoms with Gasteiger partial charge in [-0.05, 0) is 76.7 Å². The van der Waals surface area contributed by atoms with E-state index in [2.05, 4.69) is 16.3 Å². The zero-order chi connectivity index (χ0) is 26.0. The number of rotatable bonds is 5. The van der Waals surface area contributed by atoms with Gasteiger partial charge < -0.3 is 5.32 Å². The highest BCUT2D eigenvalue weighted by atomic mass is 35.5. The van der Waals surface area contributed by atoms with Crippen molar-refractivity contribution in [3.05, 3.63) is 124 Å². The molecule has 0 unspecified atom stereocenters. The minimum Gasteiger partial charge on any atom is -0.322 e. The third-order valence-corrected chi connectivity index (χ3v) is 6.78. The van der Waals surface area contributed by atoms with Gasteiger partial charge in [0.15, 0.2) is 0 Å². The molecule has 5 rings (SSSR count). The molecule has 7 heteroatoms. The first-order valence-corrected chi connectivity index (χ1v) is 12.3. The number of hydrogen-bond donors (Lipinski definition) is 1. The standard InChI is InChI=1S/C30H24ClF3N2O/c31-25-5-3-4-20(16-25)18-36-15-14-22-17-26(13-10-23(22)19-36)35-29(37)28-7-2-1-6-27(28)21-8-11-24(12-9-21)30(32,33)34/h1-13,16-17H,14-15,18-19H2,(H,35,37). The molecule has 0 aliphatic carbocycles. The van der Waals surface area contributed by atoms with Crippen LogP contribution in [0, 0.1) is 0 Å². The van der Waals surface area contributed by atoms with Gasteiger partial charge in [0, 0.05) is 35.9 Å². The fourth-order valence-electron chi connectivity index (χ4n) is 4.69. The zero-order valence-corrected chi connectivity index (χ0v) is 20.6. The van der Waals surface area contributed by atoms with E-state index in [0.29, 0.717) is 22.4 Å². The summed E-state index contributed by atoms with van der Waals surface area (Å²) in [6, 6.07) is 25.6. The lowest BCUT2D eigenvalue weighted by atomic mass is 9.97. The topological polar surface area (TPSA) is 32.3 Å². The average molecular weight is 521 g/mol. The molecule has 0 bridgehead atoms. The summed E-state index contributed by atoms with van der Waals surface area (Å²) >= 11 is 6.12. The maximum Gasteiger partial charge on any atom is 0.416 e. The Bertz CT molecular complexity index is 1430. The molecule has 0 radical (unpaired) electrons. The quantitative estimate of drug-likeness (QED) is 0.291. The second-order valence-electron chi connectivity index (χ2n) is 9.15. The number of amides is 1. The average Bonchev–Trinajstić information content (AvgIpc) is 2.88. The number of anilines is 1. The van der Waals surface area contributed by atoms with Crippen molar-refractivity contribution < 1.29 is 18.0 Å². The van der Waals surface area contributed by atoms with Crippen molar-refractivity contribution in [2.45, 2.75) is 25.7 Å². The van der Waals surface area contributed by atoms with Crippen LogP contribution < -0.4 is 5.32 Å². The van der Waals surface area contributed by atoms with Crippen LogP contribution in [0.2, 0.25) is 5.02 Å². The first-order valence-electron chi connectivity index (χ1n) is 11.9. The monoisotopic (exact) mass is 520 g/mol. The molecular formula is C30H24ClF3N2O. The van der Waals surface area contributed by atoms with Crippen molar-refractivity contribution in [1.29, 1.82) is 0 Å². The zero-order valence-electron chi connectivity index (χ0n) is 19.9. The molecule has 37 heavy (non-hydrogen) atoms. The smallest absolute Gasteiger partial charge is 0.322 e. The van der Waals surface area contributed by atoms with Gasteiger partial charge in [-0.3, -0.25) is 9.69 Å². The molecule has 0 saturated carbocycles. The van der Waals surface area contributed by atoms with Gasteiger partial charge in [0.25, 0.3) is 5.91 Å². The van der Waals surface area contributed by atoms with Gasteiger partial charge in [0.2, 0.25) is 0 Å². The van der Waals surface area contributed by atoms with Crippen LogP contribution >= 0.6 is 11.6 Å². The van der Waals surface area contributed by atoms with Crippen LogP contribution in [-0.2, 0) is 25.7 Å². The van der Waals surface area contributed by atoms with Gasteiger partial charge in [0.05, 0.1) is 5.56 Å². The second kappa shape index (κ2) is 10.4. The third-order valence-electron chi connectivity index (χ3n) is 6.55. The Morgan fingerprint density at radius 3 is 2.43 bits per heavy atom. The molecule has 4 aromatic rings. The number of nitrogens with zero attached hydrogens (tertiary/aromatic N) is 1. The van der Waals surface area contributed by atoms with Crippen molar-refractivity contribution in [2.75, 3.05) is 11.9 Å². The van der Waals surface area contributed by atoms with Crippen LogP contribution in [0.4, 0.5) is 18.9 Å². The Hall–Kier alpha value is -3.61. The number of benzene rings is 4. The maximum absolute atomic E-state index is 13.2. The summed E-state index contributed by atoms with van der Waals surface area (Å²) in [6.45, 7) is 2.53. The number of carbonyl (C=O) groups is 1. The Morgan fingerprint density at radius 1 is 0.892 bits per heavy atom. The number of carbonyl (C=O) groups excluding carboxylic acids is 1. The maximum atomic E-state index is 13.2. The lowest BCUT2D eigenvalue weighted by molar-refractivity contribution is -0.137. The number of hydrogen-bond acceptors (Lipinski definition) is 2. The minimum absolute atomic E-state index is 0.311. The van der Waals surface area contributed by atoms with Crippen molar-refractivity contribution in [3.63, 3.8) is 0 Å². The van der Waals surface area contributed by atoms with Crippen molar-refractivity contribution >= 4 is 23.2 Å². The molecule has 0 saturated heterocycles. The highest BCUT2D eigenvalue weighted by Gasteiger charge is 2.30. The van der Waals surface area contributed by atoms with E-state index in [1.165, 1.54) is 28.8 Å². The molecule has 0 atom stereocenters. The first-order chi connectivity index (χ1) is 17.8. The van der Waals surface area contributed by atoms with Crippen molar-refractivity contribution in [3.8, 4) is 11.1 Å². The number of fused-ring (bicyclic) bond motifs is 1. The van der Waals surface area contributed by atoms with Gasteiger partial charge in [-0.25, -0.2) is 0 Å². The van der Waals surface area contributed by atoms with Crippen LogP contribution in [0.15, 0.2) is 91.0 Å². The third kappa shape index (κ3) is 5.87. The van der Waals surface area contributed by atoms with Crippen LogP contribution in [0.25, 0.3) is 11.1 Å². The van der Waals surface area contributed by atoms with Crippen LogP contribution in [0.1, 0.15) is 32.6 Å². The normalized spacial score (nSPS) is 13.7. The predicted octanol–water partition coefficient (Wildman–Crippen LogP) is 7.84. The summed E-state index contributed by atoms with van der Waals surface area (Å²) in [7, 11) is 0. The molecule has 4 aromatic carbocycles. The Morgan fingerprint density at radius 2 is 1.68 bits per heavy atom. The van der Waals surface area contributed by atoms with Gasteiger partial charge in [-0.15, -0.1) is 0 Å². The summed E-state index contributed by atoms with van der Waals surface area (Å²) < 4.78 is 38.9. The van der Waals surface area contributed by atoms with E-state index >= 15 is 0 Å². The van der Waals surface area contributed by atoms with Gasteiger partial charge in [0.1, 0.15) is 0 Å². The van der Waals surface area contributed by atoms with E-state index in [9.17, 15) is 18.0 Å². The second-order valence-corrected chi connectivity index (χ2v) is 9.59. The van der Waals surface area contributed by atoms with Gasteiger partial charge in [-0.2, -0.15) is 13.2 Å². The lowest BCUT2D eigenvalue weighted by Gasteiger charge is -2.29. The number of halogens is 4. The van der Waals surface area contributed by atoms with Crippen LogP contribution in [0.3, 0.4) is 0 Å². The molecule has 0 spiro atoms. The fourth-order valence-corrected chi connectivity index (χ4v) is 4.90. The lowest BCUT2D eigenvalue weighted by Crippen LogP contribution is -2.30. The highest BCUT2D eigenvalue weighted by molar-refractivity contribution is 6.30. The van der Waals surface area contributed by atoms with E-state index in [0.717, 1.165) is 43.2 Å². The van der Waals surface area contributed by atoms with Crippen molar-refractivity contribution in [1.82, 2.24) is 4.90 Å². The number of nitrogens with one attached hydrogen (secondary N) is 1. The fraction of sp³-hybridized carbons (Fsp3) is 0.167. The largest absolute Gasteiger partial charge is 0.416 e. The molecule has 0 aromatic heterocycles. The minimum atomic E-state index is -4.41. The highest BCUT2D eigenvalue weighted by Crippen LogP contribution is 2.32. The molecule has 188 valence electrons. The van der Waals surface area contributed by atoms with E-state index in [1.807, 2.05) is 36.4 Å². The van der Waals surface area contributed by atoms with Crippen LogP contribution in [0.5, 0.6) is 0 Å². The Balaban J connectivity index is 1.30. The van der Waals surface area contributed by atoms with Crippen LogP contribution in [-0.4, -0.2) is 17.4 Å².